The molecule has 2 heterocycles. The van der Waals surface area contributed by atoms with Gasteiger partial charge in [-0.3, -0.25) is 0 Å². The highest BCUT2D eigenvalue weighted by atomic mass is 16.3. The van der Waals surface area contributed by atoms with Crippen molar-refractivity contribution in [3.05, 3.63) is 48.2 Å². The molecule has 1 aliphatic rings. The van der Waals surface area contributed by atoms with Crippen LogP contribution in [0.1, 0.15) is 31.2 Å². The Morgan fingerprint density at radius 1 is 1.16 bits per heavy atom. The third kappa shape index (κ3) is 3.19. The van der Waals surface area contributed by atoms with Crippen LogP contribution < -0.4 is 5.32 Å². The van der Waals surface area contributed by atoms with Crippen LogP contribution in [0.25, 0.3) is 16.9 Å². The number of rotatable bonds is 3. The first-order valence-corrected chi connectivity index (χ1v) is 8.53. The number of fused-ring (bicyclic) bond motifs is 1. The Labute approximate surface area is 145 Å². The monoisotopic (exact) mass is 333 g/mol. The lowest BCUT2D eigenvalue weighted by molar-refractivity contribution is 0.126. The molecule has 1 fully saturated rings. The van der Waals surface area contributed by atoms with E-state index in [1.54, 1.807) is 16.8 Å². The lowest BCUT2D eigenvalue weighted by atomic mass is 9.93. The van der Waals surface area contributed by atoms with Crippen LogP contribution in [-0.4, -0.2) is 31.9 Å². The van der Waals surface area contributed by atoms with Gasteiger partial charge in [0, 0.05) is 11.6 Å². The van der Waals surface area contributed by atoms with Crippen LogP contribution in [-0.2, 0) is 0 Å². The summed E-state index contributed by atoms with van der Waals surface area (Å²) in [7, 11) is 0. The summed E-state index contributed by atoms with van der Waals surface area (Å²) in [5, 5.41) is 26.9. The van der Waals surface area contributed by atoms with Crippen molar-refractivity contribution in [2.24, 2.45) is 0 Å². The number of imidazole rings is 1. The molecule has 0 spiro atoms. The lowest BCUT2D eigenvalue weighted by Gasteiger charge is -2.26. The fourth-order valence-electron chi connectivity index (χ4n) is 3.32. The number of benzene rings is 1. The van der Waals surface area contributed by atoms with Crippen LogP contribution in [0.4, 0.5) is 5.82 Å². The number of aliphatic hydroxyl groups is 1. The first kappa shape index (κ1) is 15.6. The predicted molar refractivity (Wildman–Crippen MR) is 95.0 cm³/mol. The molecule has 0 amide bonds. The van der Waals surface area contributed by atoms with Gasteiger partial charge >= 0.3 is 0 Å². The van der Waals surface area contributed by atoms with Crippen LogP contribution in [0, 0.1) is 11.3 Å². The van der Waals surface area contributed by atoms with Gasteiger partial charge in [-0.05, 0) is 49.9 Å². The standard InChI is InChI=1S/C19H19N5O/c20-11-13-2-1-3-14(10-13)17-12-21-19-9-8-18(23-24(17)19)22-15-4-6-16(25)7-5-15/h1-3,8-10,12,15-16,25H,4-7H2,(H,22,23). The van der Waals surface area contributed by atoms with Crippen molar-refractivity contribution >= 4 is 11.5 Å². The molecule has 0 unspecified atom stereocenters. The third-order valence-corrected chi connectivity index (χ3v) is 4.70. The molecule has 2 aromatic heterocycles. The quantitative estimate of drug-likeness (QED) is 0.769. The molecular formula is C19H19N5O. The minimum absolute atomic E-state index is 0.166. The second-order valence-electron chi connectivity index (χ2n) is 6.47. The molecule has 6 heteroatoms. The number of aliphatic hydroxyl groups excluding tert-OH is 1. The first-order valence-electron chi connectivity index (χ1n) is 8.53. The summed E-state index contributed by atoms with van der Waals surface area (Å²) < 4.78 is 1.80. The Bertz CT molecular complexity index is 934. The highest BCUT2D eigenvalue weighted by Gasteiger charge is 2.19. The highest BCUT2D eigenvalue weighted by Crippen LogP contribution is 2.24. The topological polar surface area (TPSA) is 86.2 Å². The molecule has 4 rings (SSSR count). The fourth-order valence-corrected chi connectivity index (χ4v) is 3.32. The molecule has 0 aliphatic heterocycles. The van der Waals surface area contributed by atoms with E-state index in [1.807, 2.05) is 30.3 Å². The van der Waals surface area contributed by atoms with E-state index in [2.05, 4.69) is 21.5 Å². The van der Waals surface area contributed by atoms with Gasteiger partial charge in [0.15, 0.2) is 5.65 Å². The normalized spacial score (nSPS) is 20.3. The minimum atomic E-state index is -0.166. The summed E-state index contributed by atoms with van der Waals surface area (Å²) in [6.45, 7) is 0. The number of hydrogen-bond acceptors (Lipinski definition) is 5. The zero-order valence-electron chi connectivity index (χ0n) is 13.8. The van der Waals surface area contributed by atoms with Gasteiger partial charge in [-0.15, -0.1) is 5.10 Å². The molecule has 1 aromatic carbocycles. The summed E-state index contributed by atoms with van der Waals surface area (Å²) in [4.78, 5) is 4.41. The van der Waals surface area contributed by atoms with Crippen LogP contribution in [0.3, 0.4) is 0 Å². The van der Waals surface area contributed by atoms with Gasteiger partial charge in [0.05, 0.1) is 29.6 Å². The number of nitriles is 1. The Hall–Kier alpha value is -2.91. The van der Waals surface area contributed by atoms with Crippen molar-refractivity contribution < 1.29 is 5.11 Å². The Balaban J connectivity index is 1.64. The summed E-state index contributed by atoms with van der Waals surface area (Å²) in [6, 6.07) is 13.8. The molecule has 1 aliphatic carbocycles. The van der Waals surface area contributed by atoms with Gasteiger partial charge in [-0.25, -0.2) is 9.50 Å². The Morgan fingerprint density at radius 3 is 2.80 bits per heavy atom. The number of anilines is 1. The van der Waals surface area contributed by atoms with E-state index >= 15 is 0 Å². The zero-order chi connectivity index (χ0) is 17.2. The van der Waals surface area contributed by atoms with E-state index in [4.69, 9.17) is 5.26 Å². The summed E-state index contributed by atoms with van der Waals surface area (Å²) in [6.07, 6.45) is 5.17. The van der Waals surface area contributed by atoms with Gasteiger partial charge in [0.25, 0.3) is 0 Å². The van der Waals surface area contributed by atoms with Gasteiger partial charge in [0.2, 0.25) is 0 Å². The Kier molecular flexibility index (Phi) is 4.08. The summed E-state index contributed by atoms with van der Waals surface area (Å²) >= 11 is 0. The molecule has 0 radical (unpaired) electrons. The zero-order valence-corrected chi connectivity index (χ0v) is 13.8. The second kappa shape index (κ2) is 6.54. The summed E-state index contributed by atoms with van der Waals surface area (Å²) in [5.41, 5.74) is 3.15. The van der Waals surface area contributed by atoms with Crippen molar-refractivity contribution in [1.29, 1.82) is 5.26 Å². The second-order valence-corrected chi connectivity index (χ2v) is 6.47. The van der Waals surface area contributed by atoms with Crippen molar-refractivity contribution in [2.45, 2.75) is 37.8 Å². The van der Waals surface area contributed by atoms with Crippen LogP contribution in [0.2, 0.25) is 0 Å². The smallest absolute Gasteiger partial charge is 0.154 e. The molecule has 126 valence electrons. The molecule has 1 saturated carbocycles. The molecule has 0 saturated heterocycles. The lowest BCUT2D eigenvalue weighted by Crippen LogP contribution is -2.28. The highest BCUT2D eigenvalue weighted by molar-refractivity contribution is 5.65. The van der Waals surface area contributed by atoms with E-state index in [0.717, 1.165) is 48.4 Å². The largest absolute Gasteiger partial charge is 0.393 e. The van der Waals surface area contributed by atoms with Crippen LogP contribution >= 0.6 is 0 Å². The number of hydrogen-bond donors (Lipinski definition) is 2. The Morgan fingerprint density at radius 2 is 2.00 bits per heavy atom. The average Bonchev–Trinajstić information content (AvgIpc) is 3.07. The van der Waals surface area contributed by atoms with Crippen LogP contribution in [0.5, 0.6) is 0 Å². The fraction of sp³-hybridized carbons (Fsp3) is 0.316. The molecule has 2 N–H and O–H groups in total. The van der Waals surface area contributed by atoms with Gasteiger partial charge < -0.3 is 10.4 Å². The van der Waals surface area contributed by atoms with Crippen molar-refractivity contribution in [2.75, 3.05) is 5.32 Å². The van der Waals surface area contributed by atoms with Gasteiger partial charge in [-0.1, -0.05) is 12.1 Å². The molecular weight excluding hydrogens is 314 g/mol. The van der Waals surface area contributed by atoms with Gasteiger partial charge in [0.1, 0.15) is 5.82 Å². The maximum absolute atomic E-state index is 9.63. The molecule has 25 heavy (non-hydrogen) atoms. The minimum Gasteiger partial charge on any atom is -0.393 e. The average molecular weight is 333 g/mol. The third-order valence-electron chi connectivity index (χ3n) is 4.70. The summed E-state index contributed by atoms with van der Waals surface area (Å²) in [5.74, 6) is 0.796. The van der Waals surface area contributed by atoms with E-state index in [-0.39, 0.29) is 6.10 Å². The molecule has 3 aromatic rings. The van der Waals surface area contributed by atoms with E-state index in [9.17, 15) is 5.11 Å². The molecule has 0 bridgehead atoms. The molecule has 0 atom stereocenters. The van der Waals surface area contributed by atoms with Gasteiger partial charge in [-0.2, -0.15) is 5.26 Å². The maximum Gasteiger partial charge on any atom is 0.154 e. The van der Waals surface area contributed by atoms with E-state index < -0.39 is 0 Å². The van der Waals surface area contributed by atoms with E-state index in [0.29, 0.717) is 11.6 Å². The van der Waals surface area contributed by atoms with Crippen LogP contribution in [0.15, 0.2) is 42.6 Å². The van der Waals surface area contributed by atoms with Crippen molar-refractivity contribution in [3.8, 4) is 17.3 Å². The van der Waals surface area contributed by atoms with Crippen molar-refractivity contribution in [1.82, 2.24) is 14.6 Å². The number of aromatic nitrogens is 3. The molecule has 6 nitrogen and oxygen atoms in total. The van der Waals surface area contributed by atoms with E-state index in [1.165, 1.54) is 0 Å². The van der Waals surface area contributed by atoms with Crippen molar-refractivity contribution in [3.63, 3.8) is 0 Å². The number of nitrogens with one attached hydrogen (secondary N) is 1. The first-order chi connectivity index (χ1) is 12.2. The predicted octanol–water partition coefficient (Wildman–Crippen LogP) is 2.98. The maximum atomic E-state index is 9.63. The number of nitrogens with zero attached hydrogens (tertiary/aromatic N) is 4. The SMILES string of the molecule is N#Cc1cccc(-c2cnc3ccc(NC4CCC(O)CC4)nn23)c1.